The highest BCUT2D eigenvalue weighted by molar-refractivity contribution is 8.16. The zero-order valence-corrected chi connectivity index (χ0v) is 10.2. The highest BCUT2D eigenvalue weighted by Crippen LogP contribution is 2.26. The molecule has 1 fully saturated rings. The zero-order chi connectivity index (χ0) is 9.68. The van der Waals surface area contributed by atoms with E-state index in [1.807, 2.05) is 23.5 Å². The second-order valence-corrected chi connectivity index (χ2v) is 6.53. The number of carbonyl (C=O) groups is 1. The summed E-state index contributed by atoms with van der Waals surface area (Å²) in [4.78, 5) is 11.4. The van der Waals surface area contributed by atoms with Crippen molar-refractivity contribution in [1.29, 1.82) is 0 Å². The molecule has 0 aromatic heterocycles. The van der Waals surface area contributed by atoms with Gasteiger partial charge in [-0.1, -0.05) is 18.3 Å². The molecule has 0 saturated carbocycles. The van der Waals surface area contributed by atoms with Crippen molar-refractivity contribution in [2.24, 2.45) is 0 Å². The predicted molar refractivity (Wildman–Crippen MR) is 65.9 cm³/mol. The first-order valence-electron chi connectivity index (χ1n) is 4.22. The van der Waals surface area contributed by atoms with Gasteiger partial charge in [-0.2, -0.15) is 23.5 Å². The van der Waals surface area contributed by atoms with Crippen LogP contribution in [0, 0.1) is 0 Å². The van der Waals surface area contributed by atoms with Crippen molar-refractivity contribution in [3.63, 3.8) is 0 Å². The molecule has 1 rings (SSSR count). The number of hydrogen-bond donors (Lipinski definition) is 0. The second-order valence-electron chi connectivity index (χ2n) is 2.96. The fraction of sp³-hybridized carbons (Fsp3) is 0.667. The molecule has 0 aromatic carbocycles. The van der Waals surface area contributed by atoms with Crippen LogP contribution < -0.4 is 0 Å². The van der Waals surface area contributed by atoms with Crippen LogP contribution in [0.15, 0.2) is 12.2 Å². The SMILES string of the molecule is C=C(C)C(=O)SC1CSCCSC1. The first-order chi connectivity index (χ1) is 6.20. The van der Waals surface area contributed by atoms with Gasteiger partial charge < -0.3 is 0 Å². The predicted octanol–water partition coefficient (Wildman–Crippen LogP) is 2.67. The molecule has 4 heteroatoms. The molecule has 1 saturated heterocycles. The Balaban J connectivity index is 2.33. The van der Waals surface area contributed by atoms with Crippen LogP contribution >= 0.6 is 35.3 Å². The van der Waals surface area contributed by atoms with Crippen molar-refractivity contribution in [2.45, 2.75) is 12.2 Å². The van der Waals surface area contributed by atoms with Gasteiger partial charge in [-0.3, -0.25) is 4.79 Å². The Hall–Kier alpha value is 0.460. The smallest absolute Gasteiger partial charge is 0.214 e. The minimum absolute atomic E-state index is 0.160. The van der Waals surface area contributed by atoms with Gasteiger partial charge in [0.1, 0.15) is 0 Å². The highest BCUT2D eigenvalue weighted by atomic mass is 32.2. The number of rotatable bonds is 2. The maximum Gasteiger partial charge on any atom is 0.214 e. The molecule has 0 bridgehead atoms. The summed E-state index contributed by atoms with van der Waals surface area (Å²) in [5.41, 5.74) is 0.671. The Morgan fingerprint density at radius 3 is 2.38 bits per heavy atom. The second kappa shape index (κ2) is 6.04. The van der Waals surface area contributed by atoms with Crippen molar-refractivity contribution in [2.75, 3.05) is 23.0 Å². The molecule has 0 unspecified atom stereocenters. The maximum atomic E-state index is 11.4. The van der Waals surface area contributed by atoms with Gasteiger partial charge in [-0.25, -0.2) is 0 Å². The van der Waals surface area contributed by atoms with Crippen LogP contribution in [0.2, 0.25) is 0 Å². The molecule has 1 heterocycles. The Morgan fingerprint density at radius 2 is 1.92 bits per heavy atom. The minimum Gasteiger partial charge on any atom is -0.282 e. The molecule has 1 aliphatic rings. The van der Waals surface area contributed by atoms with Crippen molar-refractivity contribution in [1.82, 2.24) is 0 Å². The van der Waals surface area contributed by atoms with E-state index in [9.17, 15) is 4.79 Å². The number of carbonyl (C=O) groups excluding carboxylic acids is 1. The summed E-state index contributed by atoms with van der Waals surface area (Å²) in [6.07, 6.45) is 0. The molecule has 0 aliphatic carbocycles. The molecule has 0 spiro atoms. The lowest BCUT2D eigenvalue weighted by Gasteiger charge is -2.10. The van der Waals surface area contributed by atoms with Gasteiger partial charge in [0, 0.05) is 28.3 Å². The van der Waals surface area contributed by atoms with E-state index in [0.717, 1.165) is 11.5 Å². The summed E-state index contributed by atoms with van der Waals surface area (Å²) >= 11 is 5.37. The summed E-state index contributed by atoms with van der Waals surface area (Å²) in [6.45, 7) is 5.44. The van der Waals surface area contributed by atoms with Gasteiger partial charge in [0.2, 0.25) is 5.12 Å². The molecule has 0 atom stereocenters. The van der Waals surface area contributed by atoms with Crippen LogP contribution in [0.4, 0.5) is 0 Å². The first-order valence-corrected chi connectivity index (χ1v) is 7.41. The van der Waals surface area contributed by atoms with Crippen LogP contribution in [0.25, 0.3) is 0 Å². The highest BCUT2D eigenvalue weighted by Gasteiger charge is 2.17. The summed E-state index contributed by atoms with van der Waals surface area (Å²) < 4.78 is 0. The van der Waals surface area contributed by atoms with E-state index in [2.05, 4.69) is 6.58 Å². The van der Waals surface area contributed by atoms with Gasteiger partial charge in [0.15, 0.2) is 0 Å². The fourth-order valence-corrected chi connectivity index (χ4v) is 4.73. The van der Waals surface area contributed by atoms with E-state index < -0.39 is 0 Å². The maximum absolute atomic E-state index is 11.4. The van der Waals surface area contributed by atoms with Crippen LogP contribution in [0.5, 0.6) is 0 Å². The first kappa shape index (κ1) is 11.5. The Bertz CT molecular complexity index is 195. The third-order valence-electron chi connectivity index (χ3n) is 1.60. The van der Waals surface area contributed by atoms with Crippen molar-refractivity contribution in [3.05, 3.63) is 12.2 Å². The van der Waals surface area contributed by atoms with Gasteiger partial charge in [-0.15, -0.1) is 0 Å². The van der Waals surface area contributed by atoms with Crippen molar-refractivity contribution >= 4 is 40.4 Å². The number of hydrogen-bond acceptors (Lipinski definition) is 4. The monoisotopic (exact) mass is 234 g/mol. The molecule has 1 nitrogen and oxygen atoms in total. The fourth-order valence-electron chi connectivity index (χ4n) is 0.916. The Morgan fingerprint density at radius 1 is 1.38 bits per heavy atom. The van der Waals surface area contributed by atoms with Crippen LogP contribution in [-0.4, -0.2) is 33.4 Å². The standard InChI is InChI=1S/C9H14OS3/c1-7(2)9(10)13-8-5-11-3-4-12-6-8/h8H,1,3-6H2,2H3. The Kier molecular flexibility index (Phi) is 5.36. The topological polar surface area (TPSA) is 17.1 Å². The van der Waals surface area contributed by atoms with E-state index in [0.29, 0.717) is 10.8 Å². The van der Waals surface area contributed by atoms with E-state index in [4.69, 9.17) is 0 Å². The molecule has 0 radical (unpaired) electrons. The van der Waals surface area contributed by atoms with Gasteiger partial charge in [0.25, 0.3) is 0 Å². The Labute approximate surface area is 92.5 Å². The summed E-state index contributed by atoms with van der Waals surface area (Å²) in [5, 5.41) is 0.648. The average molecular weight is 234 g/mol. The van der Waals surface area contributed by atoms with Crippen LogP contribution in [0.3, 0.4) is 0 Å². The molecule has 0 aromatic rings. The summed E-state index contributed by atoms with van der Waals surface area (Å²) in [7, 11) is 0. The largest absolute Gasteiger partial charge is 0.282 e. The zero-order valence-electron chi connectivity index (χ0n) is 7.75. The van der Waals surface area contributed by atoms with Crippen molar-refractivity contribution in [3.8, 4) is 0 Å². The van der Waals surface area contributed by atoms with E-state index in [1.165, 1.54) is 23.3 Å². The third kappa shape index (κ3) is 4.47. The van der Waals surface area contributed by atoms with E-state index in [1.54, 1.807) is 6.92 Å². The molecule has 1 aliphatic heterocycles. The van der Waals surface area contributed by atoms with Gasteiger partial charge >= 0.3 is 0 Å². The molecular formula is C9H14OS3. The normalized spacial score (nSPS) is 19.5. The lowest BCUT2D eigenvalue weighted by atomic mass is 10.4. The molecule has 13 heavy (non-hydrogen) atoms. The van der Waals surface area contributed by atoms with Crippen LogP contribution in [-0.2, 0) is 4.79 Å². The van der Waals surface area contributed by atoms with E-state index in [-0.39, 0.29) is 5.12 Å². The summed E-state index contributed by atoms with van der Waals surface area (Å²) in [5.74, 6) is 4.67. The van der Waals surface area contributed by atoms with Gasteiger partial charge in [-0.05, 0) is 12.5 Å². The average Bonchev–Trinajstić information content (AvgIpc) is 2.32. The van der Waals surface area contributed by atoms with E-state index >= 15 is 0 Å². The molecule has 0 amide bonds. The summed E-state index contributed by atoms with van der Waals surface area (Å²) in [6, 6.07) is 0. The lowest BCUT2D eigenvalue weighted by molar-refractivity contribution is -0.107. The van der Waals surface area contributed by atoms with Crippen LogP contribution in [0.1, 0.15) is 6.92 Å². The third-order valence-corrected chi connectivity index (χ3v) is 5.77. The number of thioether (sulfide) groups is 3. The quantitative estimate of drug-likeness (QED) is 0.683. The minimum atomic E-state index is 0.160. The molecular weight excluding hydrogens is 220 g/mol. The van der Waals surface area contributed by atoms with Crippen molar-refractivity contribution < 1.29 is 4.79 Å². The lowest BCUT2D eigenvalue weighted by Crippen LogP contribution is -2.12. The molecule has 0 N–H and O–H groups in total. The van der Waals surface area contributed by atoms with Gasteiger partial charge in [0.05, 0.1) is 0 Å². The molecule has 74 valence electrons.